The van der Waals surface area contributed by atoms with Gasteiger partial charge in [-0.15, -0.1) is 0 Å². The molecular formula is C12H14N4S. The van der Waals surface area contributed by atoms with Crippen LogP contribution in [-0.2, 0) is 0 Å². The predicted octanol–water partition coefficient (Wildman–Crippen LogP) is 2.76. The van der Waals surface area contributed by atoms with E-state index in [4.69, 9.17) is 0 Å². The number of pyridine rings is 1. The molecule has 0 spiro atoms. The molecule has 5 heteroatoms. The van der Waals surface area contributed by atoms with Gasteiger partial charge in [-0.25, -0.2) is 15.0 Å². The van der Waals surface area contributed by atoms with Gasteiger partial charge in [0.25, 0.3) is 0 Å². The van der Waals surface area contributed by atoms with Crippen molar-refractivity contribution in [3.8, 4) is 0 Å². The molecule has 17 heavy (non-hydrogen) atoms. The van der Waals surface area contributed by atoms with E-state index >= 15 is 0 Å². The minimum Gasteiger partial charge on any atom is -0.370 e. The minimum atomic E-state index is 0.754. The van der Waals surface area contributed by atoms with E-state index in [1.54, 1.807) is 6.20 Å². The molecule has 2 aromatic rings. The normalized spacial score (nSPS) is 10.2. The van der Waals surface area contributed by atoms with Crippen LogP contribution in [0.3, 0.4) is 0 Å². The van der Waals surface area contributed by atoms with E-state index in [9.17, 15) is 0 Å². The Balaban J connectivity index is 2.12. The second-order valence-electron chi connectivity index (χ2n) is 3.55. The van der Waals surface area contributed by atoms with E-state index in [1.165, 1.54) is 11.8 Å². The maximum atomic E-state index is 4.26. The highest BCUT2D eigenvalue weighted by Crippen LogP contribution is 2.25. The molecule has 0 bridgehead atoms. The molecule has 88 valence electrons. The van der Waals surface area contributed by atoms with Crippen molar-refractivity contribution in [3.63, 3.8) is 0 Å². The zero-order valence-corrected chi connectivity index (χ0v) is 10.7. The molecule has 2 aromatic heterocycles. The molecule has 2 rings (SSSR count). The van der Waals surface area contributed by atoms with Crippen LogP contribution in [0.15, 0.2) is 40.8 Å². The first-order chi connectivity index (χ1) is 8.28. The number of nitrogens with zero attached hydrogens (tertiary/aromatic N) is 3. The Morgan fingerprint density at radius 2 is 2.00 bits per heavy atom. The van der Waals surface area contributed by atoms with Crippen LogP contribution >= 0.6 is 11.8 Å². The third kappa shape index (κ3) is 3.42. The lowest BCUT2D eigenvalue weighted by atomic mass is 10.4. The zero-order chi connectivity index (χ0) is 12.1. The monoisotopic (exact) mass is 246 g/mol. The minimum absolute atomic E-state index is 0.754. The average molecular weight is 246 g/mol. The van der Waals surface area contributed by atoms with Gasteiger partial charge in [0.05, 0.1) is 0 Å². The number of hydrogen-bond donors (Lipinski definition) is 1. The SMILES string of the molecule is CCNc1cc(Sc2ncc(C)cn2)ccn1. The Morgan fingerprint density at radius 1 is 1.24 bits per heavy atom. The van der Waals surface area contributed by atoms with Gasteiger partial charge in [0.15, 0.2) is 5.16 Å². The summed E-state index contributed by atoms with van der Waals surface area (Å²) in [5.74, 6) is 0.879. The smallest absolute Gasteiger partial charge is 0.192 e. The van der Waals surface area contributed by atoms with E-state index in [-0.39, 0.29) is 0 Å². The van der Waals surface area contributed by atoms with Crippen LogP contribution in [0.25, 0.3) is 0 Å². The zero-order valence-electron chi connectivity index (χ0n) is 9.84. The van der Waals surface area contributed by atoms with Crippen LogP contribution in [0.4, 0.5) is 5.82 Å². The van der Waals surface area contributed by atoms with Crippen molar-refractivity contribution in [1.29, 1.82) is 0 Å². The van der Waals surface area contributed by atoms with Gasteiger partial charge < -0.3 is 5.32 Å². The molecule has 2 heterocycles. The van der Waals surface area contributed by atoms with Crippen LogP contribution in [0.1, 0.15) is 12.5 Å². The fraction of sp³-hybridized carbons (Fsp3) is 0.250. The number of hydrogen-bond acceptors (Lipinski definition) is 5. The number of aromatic nitrogens is 3. The molecule has 0 radical (unpaired) electrons. The van der Waals surface area contributed by atoms with Gasteiger partial charge in [-0.05, 0) is 43.3 Å². The summed E-state index contributed by atoms with van der Waals surface area (Å²) in [6.45, 7) is 4.89. The molecule has 0 unspecified atom stereocenters. The first-order valence-electron chi connectivity index (χ1n) is 5.44. The highest BCUT2D eigenvalue weighted by Gasteiger charge is 2.01. The van der Waals surface area contributed by atoms with E-state index in [0.29, 0.717) is 0 Å². The molecule has 0 aliphatic rings. The number of rotatable bonds is 4. The summed E-state index contributed by atoms with van der Waals surface area (Å²) in [5, 5.41) is 3.93. The molecule has 0 aromatic carbocycles. The summed E-state index contributed by atoms with van der Waals surface area (Å²) in [5.41, 5.74) is 1.07. The van der Waals surface area contributed by atoms with Crippen molar-refractivity contribution in [2.45, 2.75) is 23.9 Å². The Morgan fingerprint density at radius 3 is 2.71 bits per heavy atom. The van der Waals surface area contributed by atoms with Gasteiger partial charge in [-0.2, -0.15) is 0 Å². The largest absolute Gasteiger partial charge is 0.370 e. The van der Waals surface area contributed by atoms with Crippen molar-refractivity contribution in [2.24, 2.45) is 0 Å². The Bertz CT molecular complexity index is 484. The molecule has 0 fully saturated rings. The van der Waals surface area contributed by atoms with Crippen LogP contribution in [0, 0.1) is 6.92 Å². The van der Waals surface area contributed by atoms with Crippen LogP contribution in [-0.4, -0.2) is 21.5 Å². The molecule has 1 N–H and O–H groups in total. The van der Waals surface area contributed by atoms with Crippen molar-refractivity contribution >= 4 is 17.6 Å². The molecule has 0 saturated carbocycles. The summed E-state index contributed by atoms with van der Waals surface area (Å²) in [7, 11) is 0. The summed E-state index contributed by atoms with van der Waals surface area (Å²) in [6.07, 6.45) is 5.43. The third-order valence-electron chi connectivity index (χ3n) is 2.06. The average Bonchev–Trinajstić information content (AvgIpc) is 2.33. The topological polar surface area (TPSA) is 50.7 Å². The lowest BCUT2D eigenvalue weighted by Gasteiger charge is -2.04. The van der Waals surface area contributed by atoms with E-state index in [1.807, 2.05) is 38.4 Å². The third-order valence-corrected chi connectivity index (χ3v) is 2.94. The van der Waals surface area contributed by atoms with Crippen molar-refractivity contribution in [2.75, 3.05) is 11.9 Å². The molecule has 0 aliphatic carbocycles. The van der Waals surface area contributed by atoms with Gasteiger partial charge in [-0.3, -0.25) is 0 Å². The fourth-order valence-electron chi connectivity index (χ4n) is 1.29. The van der Waals surface area contributed by atoms with Crippen LogP contribution in [0.5, 0.6) is 0 Å². The lowest BCUT2D eigenvalue weighted by Crippen LogP contribution is -1.98. The van der Waals surface area contributed by atoms with Gasteiger partial charge in [-0.1, -0.05) is 0 Å². The highest BCUT2D eigenvalue weighted by atomic mass is 32.2. The summed E-state index contributed by atoms with van der Waals surface area (Å²) in [4.78, 5) is 13.8. The maximum Gasteiger partial charge on any atom is 0.192 e. The van der Waals surface area contributed by atoms with Crippen LogP contribution in [0.2, 0.25) is 0 Å². The van der Waals surface area contributed by atoms with Crippen molar-refractivity contribution < 1.29 is 0 Å². The molecule has 0 amide bonds. The van der Waals surface area contributed by atoms with Gasteiger partial charge in [0.2, 0.25) is 0 Å². The fourth-order valence-corrected chi connectivity index (χ4v) is 2.01. The summed E-state index contributed by atoms with van der Waals surface area (Å²) < 4.78 is 0. The molecule has 4 nitrogen and oxygen atoms in total. The summed E-state index contributed by atoms with van der Waals surface area (Å²) >= 11 is 1.53. The molecule has 0 saturated heterocycles. The van der Waals surface area contributed by atoms with Gasteiger partial charge in [0.1, 0.15) is 5.82 Å². The first kappa shape index (κ1) is 11.9. The maximum absolute atomic E-state index is 4.26. The number of nitrogens with one attached hydrogen (secondary N) is 1. The Hall–Kier alpha value is -1.62. The van der Waals surface area contributed by atoms with Crippen LogP contribution < -0.4 is 5.32 Å². The Kier molecular flexibility index (Phi) is 3.93. The second kappa shape index (κ2) is 5.63. The van der Waals surface area contributed by atoms with Gasteiger partial charge >= 0.3 is 0 Å². The molecule has 0 aliphatic heterocycles. The summed E-state index contributed by atoms with van der Waals surface area (Å²) in [6, 6.07) is 3.95. The first-order valence-corrected chi connectivity index (χ1v) is 6.26. The number of aryl methyl sites for hydroxylation is 1. The predicted molar refractivity (Wildman–Crippen MR) is 69.3 cm³/mol. The molecule has 0 atom stereocenters. The van der Waals surface area contributed by atoms with Gasteiger partial charge in [0, 0.05) is 30.0 Å². The Labute approximate surface area is 105 Å². The van der Waals surface area contributed by atoms with Crippen molar-refractivity contribution in [3.05, 3.63) is 36.3 Å². The molecular weight excluding hydrogens is 232 g/mol. The lowest BCUT2D eigenvalue weighted by molar-refractivity contribution is 0.949. The van der Waals surface area contributed by atoms with E-state index in [2.05, 4.69) is 20.3 Å². The number of anilines is 1. The second-order valence-corrected chi connectivity index (χ2v) is 4.59. The highest BCUT2D eigenvalue weighted by molar-refractivity contribution is 7.99. The van der Waals surface area contributed by atoms with Crippen molar-refractivity contribution in [1.82, 2.24) is 15.0 Å². The quantitative estimate of drug-likeness (QED) is 0.841. The van der Waals surface area contributed by atoms with E-state index < -0.39 is 0 Å². The standard InChI is InChI=1S/C12H14N4S/c1-3-13-11-6-10(4-5-14-11)17-12-15-7-9(2)8-16-12/h4-8H,3H2,1-2H3,(H,13,14). The van der Waals surface area contributed by atoms with E-state index in [0.717, 1.165) is 28.0 Å².